The number of hydrogen-bond acceptors (Lipinski definition) is 9. The number of hydrogen-bond donors (Lipinski definition) is 2. The fourth-order valence-corrected chi connectivity index (χ4v) is 5.52. The summed E-state index contributed by atoms with van der Waals surface area (Å²) in [5, 5.41) is 11.4. The number of ether oxygens (including phenoxy) is 2. The van der Waals surface area contributed by atoms with Crippen LogP contribution in [0.25, 0.3) is 0 Å². The maximum atomic E-state index is 13.8. The number of fused-ring (bicyclic) bond motifs is 1. The summed E-state index contributed by atoms with van der Waals surface area (Å²) in [6, 6.07) is 6.77. The van der Waals surface area contributed by atoms with Crippen molar-refractivity contribution in [2.45, 2.75) is 51.7 Å². The molecule has 0 unspecified atom stereocenters. The standard InChI is InChI=1S/C32H38F3N5O6/c1-31(2,3)22-11-18(12-24(39-9-7-8-10-39)27(22)45-17-26(42)46-30(44)32(33,34)35)25(41)16-40-15-19-13-23(38(5)6)21(29(43)37-4)14-20(19)28(40)36/h11-14,36H,7-10,15-17H2,1-6H3,(H,37,43). The van der Waals surface area contributed by atoms with E-state index in [-0.39, 0.29) is 29.8 Å². The van der Waals surface area contributed by atoms with Gasteiger partial charge >= 0.3 is 18.1 Å². The maximum Gasteiger partial charge on any atom is 0.491 e. The molecule has 14 heteroatoms. The molecule has 1 fully saturated rings. The van der Waals surface area contributed by atoms with Gasteiger partial charge in [0.05, 0.1) is 17.8 Å². The number of ketones is 1. The molecule has 46 heavy (non-hydrogen) atoms. The first-order valence-electron chi connectivity index (χ1n) is 14.7. The number of esters is 2. The van der Waals surface area contributed by atoms with Crippen LogP contribution in [-0.2, 0) is 26.3 Å². The Morgan fingerprint density at radius 3 is 2.24 bits per heavy atom. The summed E-state index contributed by atoms with van der Waals surface area (Å²) in [6.45, 7) is 6.06. The van der Waals surface area contributed by atoms with Crippen LogP contribution in [0.3, 0.4) is 0 Å². The van der Waals surface area contributed by atoms with Crippen molar-refractivity contribution < 1.29 is 41.8 Å². The van der Waals surface area contributed by atoms with Gasteiger partial charge in [-0.05, 0) is 48.1 Å². The molecule has 0 atom stereocenters. The zero-order chi connectivity index (χ0) is 34.1. The van der Waals surface area contributed by atoms with Crippen LogP contribution in [0, 0.1) is 5.41 Å². The third kappa shape index (κ3) is 7.26. The number of carbonyl (C=O) groups is 4. The van der Waals surface area contributed by atoms with E-state index in [9.17, 15) is 32.3 Å². The summed E-state index contributed by atoms with van der Waals surface area (Å²) in [4.78, 5) is 55.1. The topological polar surface area (TPSA) is 132 Å². The van der Waals surface area contributed by atoms with Crippen LogP contribution >= 0.6 is 0 Å². The van der Waals surface area contributed by atoms with Gasteiger partial charge in [-0.2, -0.15) is 13.2 Å². The van der Waals surface area contributed by atoms with E-state index in [2.05, 4.69) is 10.1 Å². The fourth-order valence-electron chi connectivity index (χ4n) is 5.52. The number of alkyl halides is 3. The molecule has 248 valence electrons. The van der Waals surface area contributed by atoms with Gasteiger partial charge in [0.15, 0.2) is 12.4 Å². The minimum Gasteiger partial charge on any atom is -0.479 e. The van der Waals surface area contributed by atoms with Gasteiger partial charge in [0.1, 0.15) is 11.6 Å². The van der Waals surface area contributed by atoms with E-state index < -0.39 is 30.1 Å². The lowest BCUT2D eigenvalue weighted by Crippen LogP contribution is -2.31. The summed E-state index contributed by atoms with van der Waals surface area (Å²) in [5.74, 6) is -4.39. The molecule has 0 aromatic heterocycles. The van der Waals surface area contributed by atoms with E-state index in [1.165, 1.54) is 7.05 Å². The van der Waals surface area contributed by atoms with Gasteiger partial charge in [-0.25, -0.2) is 9.59 Å². The molecule has 2 N–H and O–H groups in total. The lowest BCUT2D eigenvalue weighted by Gasteiger charge is -2.29. The van der Waals surface area contributed by atoms with Gasteiger partial charge in [0.25, 0.3) is 5.91 Å². The molecule has 4 rings (SSSR count). The second-order valence-electron chi connectivity index (χ2n) is 12.5. The number of nitrogens with zero attached hydrogens (tertiary/aromatic N) is 3. The maximum absolute atomic E-state index is 13.8. The number of amides is 1. The lowest BCUT2D eigenvalue weighted by molar-refractivity contribution is -0.202. The second kappa shape index (κ2) is 13.0. The Morgan fingerprint density at radius 2 is 1.67 bits per heavy atom. The smallest absolute Gasteiger partial charge is 0.479 e. The average Bonchev–Trinajstić information content (AvgIpc) is 3.61. The molecule has 11 nitrogen and oxygen atoms in total. The Kier molecular flexibility index (Phi) is 9.69. The Morgan fingerprint density at radius 1 is 1.02 bits per heavy atom. The normalized spacial score (nSPS) is 14.7. The van der Waals surface area contributed by atoms with Crippen molar-refractivity contribution in [3.05, 3.63) is 52.1 Å². The predicted octanol–water partition coefficient (Wildman–Crippen LogP) is 4.04. The van der Waals surface area contributed by atoms with Crippen LogP contribution in [0.4, 0.5) is 24.5 Å². The van der Waals surface area contributed by atoms with Crippen LogP contribution in [0.5, 0.6) is 5.75 Å². The third-order valence-corrected chi connectivity index (χ3v) is 7.86. The number of rotatable bonds is 9. The highest BCUT2D eigenvalue weighted by Gasteiger charge is 2.42. The van der Waals surface area contributed by atoms with Crippen LogP contribution < -0.4 is 19.9 Å². The highest BCUT2D eigenvalue weighted by Crippen LogP contribution is 2.42. The molecule has 2 aliphatic rings. The minimum absolute atomic E-state index is 0.112. The molecule has 0 aliphatic carbocycles. The van der Waals surface area contributed by atoms with Gasteiger partial charge in [-0.15, -0.1) is 0 Å². The summed E-state index contributed by atoms with van der Waals surface area (Å²) in [6.07, 6.45) is -3.61. The number of benzene rings is 2. The van der Waals surface area contributed by atoms with Gasteiger partial charge in [0, 0.05) is 63.2 Å². The van der Waals surface area contributed by atoms with E-state index >= 15 is 0 Å². The Bertz CT molecular complexity index is 1580. The van der Waals surface area contributed by atoms with Crippen molar-refractivity contribution in [1.29, 1.82) is 5.41 Å². The second-order valence-corrected chi connectivity index (χ2v) is 12.5. The predicted molar refractivity (Wildman–Crippen MR) is 165 cm³/mol. The number of amidine groups is 1. The summed E-state index contributed by atoms with van der Waals surface area (Å²) >= 11 is 0. The Labute approximate surface area is 265 Å². The van der Waals surface area contributed by atoms with Crippen molar-refractivity contribution in [2.75, 3.05) is 57.2 Å². The SMILES string of the molecule is CNC(=O)c1cc2c(cc1N(C)C)CN(CC(=O)c1cc(N3CCCC3)c(OCC(=O)OC(=O)C(F)(F)F)c(C(C)(C)C)c1)C2=N. The third-order valence-electron chi connectivity index (χ3n) is 7.86. The molecule has 0 spiro atoms. The van der Waals surface area contributed by atoms with Gasteiger partial charge in [-0.1, -0.05) is 20.8 Å². The fraction of sp³-hybridized carbons (Fsp3) is 0.469. The number of Topliss-reactive ketones (excluding diaryl/α,β-unsaturated/α-hetero) is 1. The Hall–Kier alpha value is -4.62. The lowest BCUT2D eigenvalue weighted by atomic mass is 9.84. The Balaban J connectivity index is 1.65. The van der Waals surface area contributed by atoms with Crippen molar-refractivity contribution in [2.24, 2.45) is 0 Å². The number of nitrogens with one attached hydrogen (secondary N) is 2. The van der Waals surface area contributed by atoms with Crippen LogP contribution in [0.2, 0.25) is 0 Å². The van der Waals surface area contributed by atoms with Crippen LogP contribution in [0.1, 0.15) is 71.0 Å². The van der Waals surface area contributed by atoms with Crippen molar-refractivity contribution in [3.8, 4) is 5.75 Å². The zero-order valence-electron chi connectivity index (χ0n) is 26.7. The molecule has 2 heterocycles. The van der Waals surface area contributed by atoms with Crippen LogP contribution in [-0.4, -0.2) is 87.9 Å². The van der Waals surface area contributed by atoms with Gasteiger partial charge < -0.3 is 29.5 Å². The van der Waals surface area contributed by atoms with Crippen molar-refractivity contribution in [1.82, 2.24) is 10.2 Å². The first-order valence-corrected chi connectivity index (χ1v) is 14.7. The van der Waals surface area contributed by atoms with E-state index in [0.29, 0.717) is 53.3 Å². The zero-order valence-corrected chi connectivity index (χ0v) is 26.7. The first kappa shape index (κ1) is 34.3. The van der Waals surface area contributed by atoms with Gasteiger partial charge in [-0.3, -0.25) is 15.0 Å². The largest absolute Gasteiger partial charge is 0.491 e. The highest BCUT2D eigenvalue weighted by molar-refractivity contribution is 6.09. The molecule has 1 saturated heterocycles. The van der Waals surface area contributed by atoms with Gasteiger partial charge in [0.2, 0.25) is 0 Å². The molecule has 1 amide bonds. The van der Waals surface area contributed by atoms with Crippen molar-refractivity contribution >= 4 is 40.8 Å². The minimum atomic E-state index is -5.33. The van der Waals surface area contributed by atoms with Crippen molar-refractivity contribution in [3.63, 3.8) is 0 Å². The first-order chi connectivity index (χ1) is 21.4. The highest BCUT2D eigenvalue weighted by atomic mass is 19.4. The van der Waals surface area contributed by atoms with E-state index in [1.807, 2.05) is 50.7 Å². The average molecular weight is 646 g/mol. The molecule has 0 saturated carbocycles. The summed E-state index contributed by atoms with van der Waals surface area (Å²) in [5.41, 5.74) is 3.18. The summed E-state index contributed by atoms with van der Waals surface area (Å²) < 4.78 is 47.5. The molecule has 2 aromatic carbocycles. The quantitative estimate of drug-likeness (QED) is 0.236. The number of halogens is 3. The monoisotopic (exact) mass is 645 g/mol. The van der Waals surface area contributed by atoms with E-state index in [1.54, 1.807) is 23.1 Å². The molecular formula is C32H38F3N5O6. The molecule has 0 bridgehead atoms. The van der Waals surface area contributed by atoms with Crippen LogP contribution in [0.15, 0.2) is 24.3 Å². The van der Waals surface area contributed by atoms with E-state index in [0.717, 1.165) is 18.4 Å². The number of anilines is 2. The molecule has 2 aliphatic heterocycles. The molecular weight excluding hydrogens is 607 g/mol. The summed E-state index contributed by atoms with van der Waals surface area (Å²) in [7, 11) is 5.17. The number of carbonyl (C=O) groups excluding carboxylic acids is 4. The van der Waals surface area contributed by atoms with E-state index in [4.69, 9.17) is 10.1 Å². The molecule has 0 radical (unpaired) electrons. The molecule has 2 aromatic rings.